The van der Waals surface area contributed by atoms with Crippen LogP contribution in [0.2, 0.25) is 0 Å². The zero-order chi connectivity index (χ0) is 20.7. The van der Waals surface area contributed by atoms with Gasteiger partial charge >= 0.3 is 11.7 Å². The number of nitrogens with one attached hydrogen (secondary N) is 1. The van der Waals surface area contributed by atoms with Gasteiger partial charge in [0.2, 0.25) is 0 Å². The van der Waals surface area contributed by atoms with Crippen LogP contribution in [0.3, 0.4) is 0 Å². The Hall–Kier alpha value is -3.62. The smallest absolute Gasteiger partial charge is 0.344 e. The van der Waals surface area contributed by atoms with Crippen molar-refractivity contribution in [2.45, 2.75) is 13.8 Å². The van der Waals surface area contributed by atoms with Gasteiger partial charge in [-0.15, -0.1) is 0 Å². The Morgan fingerprint density at radius 3 is 2.54 bits per heavy atom. The summed E-state index contributed by atoms with van der Waals surface area (Å²) in [7, 11) is 1.29. The Morgan fingerprint density at radius 1 is 1.14 bits per heavy atom. The van der Waals surface area contributed by atoms with Gasteiger partial charge in [-0.05, 0) is 37.1 Å². The van der Waals surface area contributed by atoms with Gasteiger partial charge in [0.05, 0.1) is 12.0 Å². The molecule has 0 aliphatic heterocycles. The van der Waals surface area contributed by atoms with E-state index in [0.717, 1.165) is 5.56 Å². The number of amides is 1. The fourth-order valence-corrected chi connectivity index (χ4v) is 2.34. The number of hydrogen-bond donors (Lipinski definition) is 1. The predicted octanol–water partition coefficient (Wildman–Crippen LogP) is 2.78. The minimum Gasteiger partial charge on any atom is -0.490 e. The van der Waals surface area contributed by atoms with E-state index in [9.17, 15) is 19.7 Å². The number of carbonyl (C=O) groups is 2. The van der Waals surface area contributed by atoms with Crippen LogP contribution in [-0.4, -0.2) is 37.1 Å². The minimum atomic E-state index is -0.699. The van der Waals surface area contributed by atoms with Crippen molar-refractivity contribution in [1.82, 2.24) is 0 Å². The SMILES string of the molecule is COc1cc(NC(=O)COC(=O)COc2cccc(C)c2)c(C)cc1[N+](=O)[O-]. The molecule has 28 heavy (non-hydrogen) atoms. The molecule has 1 amide bonds. The summed E-state index contributed by atoms with van der Waals surface area (Å²) in [6.45, 7) is 2.64. The molecular formula is C19H20N2O7. The van der Waals surface area contributed by atoms with Gasteiger partial charge in [-0.25, -0.2) is 4.79 Å². The molecule has 0 unspecified atom stereocenters. The molecule has 0 atom stereocenters. The summed E-state index contributed by atoms with van der Waals surface area (Å²) in [6, 6.07) is 9.79. The van der Waals surface area contributed by atoms with Crippen LogP contribution < -0.4 is 14.8 Å². The van der Waals surface area contributed by atoms with E-state index in [1.807, 2.05) is 13.0 Å². The first-order chi connectivity index (χ1) is 13.3. The Kier molecular flexibility index (Phi) is 6.91. The van der Waals surface area contributed by atoms with E-state index >= 15 is 0 Å². The van der Waals surface area contributed by atoms with Gasteiger partial charge in [0, 0.05) is 17.8 Å². The zero-order valence-corrected chi connectivity index (χ0v) is 15.7. The number of ether oxygens (including phenoxy) is 3. The van der Waals surface area contributed by atoms with Gasteiger partial charge in [-0.1, -0.05) is 12.1 Å². The molecule has 0 aliphatic rings. The molecule has 2 aromatic rings. The second-order valence-corrected chi connectivity index (χ2v) is 5.91. The molecule has 1 N–H and O–H groups in total. The predicted molar refractivity (Wildman–Crippen MR) is 101 cm³/mol. The molecule has 9 heteroatoms. The van der Waals surface area contributed by atoms with E-state index in [4.69, 9.17) is 14.2 Å². The van der Waals surface area contributed by atoms with Gasteiger partial charge in [-0.2, -0.15) is 0 Å². The van der Waals surface area contributed by atoms with Gasteiger partial charge in [-0.3, -0.25) is 14.9 Å². The maximum atomic E-state index is 12.0. The highest BCUT2D eigenvalue weighted by atomic mass is 16.6. The van der Waals surface area contributed by atoms with E-state index < -0.39 is 23.4 Å². The van der Waals surface area contributed by atoms with Crippen molar-refractivity contribution in [3.63, 3.8) is 0 Å². The molecule has 0 heterocycles. The number of aryl methyl sites for hydroxylation is 2. The van der Waals surface area contributed by atoms with Crippen LogP contribution in [-0.2, 0) is 14.3 Å². The second-order valence-electron chi connectivity index (χ2n) is 5.91. The van der Waals surface area contributed by atoms with Crippen molar-refractivity contribution in [3.05, 3.63) is 57.6 Å². The third kappa shape index (κ3) is 5.70. The van der Waals surface area contributed by atoms with Crippen molar-refractivity contribution < 1.29 is 28.7 Å². The normalized spacial score (nSPS) is 10.1. The molecule has 0 saturated carbocycles. The topological polar surface area (TPSA) is 117 Å². The standard InChI is InChI=1S/C19H20N2O7/c1-12-5-4-6-14(7-12)27-11-19(23)28-10-18(22)20-15-9-17(26-3)16(21(24)25)8-13(15)2/h4-9H,10-11H2,1-3H3,(H,20,22). The number of nitro benzene ring substituents is 1. The number of benzene rings is 2. The number of methoxy groups -OCH3 is 1. The van der Waals surface area contributed by atoms with Crippen LogP contribution in [0.4, 0.5) is 11.4 Å². The largest absolute Gasteiger partial charge is 0.490 e. The summed E-state index contributed by atoms with van der Waals surface area (Å²) < 4.78 is 15.1. The number of nitrogens with zero attached hydrogens (tertiary/aromatic N) is 1. The molecule has 0 aromatic heterocycles. The lowest BCUT2D eigenvalue weighted by Crippen LogP contribution is -2.24. The van der Waals surface area contributed by atoms with Crippen molar-refractivity contribution in [3.8, 4) is 11.5 Å². The minimum absolute atomic E-state index is 0.00875. The fraction of sp³-hybridized carbons (Fsp3) is 0.263. The number of nitro groups is 1. The maximum absolute atomic E-state index is 12.0. The van der Waals surface area contributed by atoms with E-state index in [2.05, 4.69) is 5.32 Å². The number of carbonyl (C=O) groups excluding carboxylic acids is 2. The monoisotopic (exact) mass is 388 g/mol. The molecule has 2 aromatic carbocycles. The maximum Gasteiger partial charge on any atom is 0.344 e. The zero-order valence-electron chi connectivity index (χ0n) is 15.7. The van der Waals surface area contributed by atoms with Crippen LogP contribution in [0.1, 0.15) is 11.1 Å². The van der Waals surface area contributed by atoms with Gasteiger partial charge in [0.25, 0.3) is 5.91 Å². The molecule has 0 fully saturated rings. The summed E-state index contributed by atoms with van der Waals surface area (Å²) in [4.78, 5) is 34.1. The lowest BCUT2D eigenvalue weighted by atomic mass is 10.1. The van der Waals surface area contributed by atoms with Gasteiger partial charge in [0.15, 0.2) is 19.0 Å². The molecule has 2 rings (SSSR count). The molecular weight excluding hydrogens is 368 g/mol. The summed E-state index contributed by atoms with van der Waals surface area (Å²) in [5.74, 6) is -0.762. The van der Waals surface area contributed by atoms with Crippen molar-refractivity contribution in [2.75, 3.05) is 25.6 Å². The van der Waals surface area contributed by atoms with Crippen molar-refractivity contribution >= 4 is 23.3 Å². The Balaban J connectivity index is 1.88. The van der Waals surface area contributed by atoms with E-state index in [-0.39, 0.29) is 18.0 Å². The third-order valence-electron chi connectivity index (χ3n) is 3.71. The van der Waals surface area contributed by atoms with Crippen molar-refractivity contribution in [1.29, 1.82) is 0 Å². The van der Waals surface area contributed by atoms with Crippen LogP contribution >= 0.6 is 0 Å². The summed E-state index contributed by atoms with van der Waals surface area (Å²) in [5.41, 5.74) is 1.56. The highest BCUT2D eigenvalue weighted by molar-refractivity contribution is 5.94. The number of rotatable bonds is 8. The highest BCUT2D eigenvalue weighted by Crippen LogP contribution is 2.32. The van der Waals surface area contributed by atoms with E-state index in [1.54, 1.807) is 25.1 Å². The average molecular weight is 388 g/mol. The van der Waals surface area contributed by atoms with Crippen LogP contribution in [0.5, 0.6) is 11.5 Å². The lowest BCUT2D eigenvalue weighted by molar-refractivity contribution is -0.385. The summed E-state index contributed by atoms with van der Waals surface area (Å²) in [5, 5.41) is 13.5. The number of anilines is 1. The molecule has 0 aliphatic carbocycles. The molecule has 0 radical (unpaired) electrons. The number of hydrogen-bond acceptors (Lipinski definition) is 7. The molecule has 9 nitrogen and oxygen atoms in total. The number of esters is 1. The van der Waals surface area contributed by atoms with Gasteiger partial charge in [0.1, 0.15) is 5.75 Å². The van der Waals surface area contributed by atoms with Crippen LogP contribution in [0.25, 0.3) is 0 Å². The Labute approximate surface area is 161 Å². The second kappa shape index (κ2) is 9.36. The summed E-state index contributed by atoms with van der Waals surface area (Å²) in [6.07, 6.45) is 0. The van der Waals surface area contributed by atoms with Gasteiger partial charge < -0.3 is 19.5 Å². The first-order valence-corrected chi connectivity index (χ1v) is 8.28. The average Bonchev–Trinajstić information content (AvgIpc) is 2.66. The highest BCUT2D eigenvalue weighted by Gasteiger charge is 2.18. The van der Waals surface area contributed by atoms with E-state index in [0.29, 0.717) is 17.0 Å². The Morgan fingerprint density at radius 2 is 1.89 bits per heavy atom. The molecule has 0 spiro atoms. The first-order valence-electron chi connectivity index (χ1n) is 8.28. The third-order valence-corrected chi connectivity index (χ3v) is 3.71. The Bertz CT molecular complexity index is 896. The van der Waals surface area contributed by atoms with E-state index in [1.165, 1.54) is 19.2 Å². The summed E-state index contributed by atoms with van der Waals surface area (Å²) >= 11 is 0. The molecule has 0 bridgehead atoms. The first kappa shape index (κ1) is 20.7. The molecule has 0 saturated heterocycles. The molecule has 148 valence electrons. The fourth-order valence-electron chi connectivity index (χ4n) is 2.34. The lowest BCUT2D eigenvalue weighted by Gasteiger charge is -2.11. The van der Waals surface area contributed by atoms with Crippen molar-refractivity contribution in [2.24, 2.45) is 0 Å². The van der Waals surface area contributed by atoms with Crippen LogP contribution in [0, 0.1) is 24.0 Å². The quantitative estimate of drug-likeness (QED) is 0.420. The van der Waals surface area contributed by atoms with Crippen LogP contribution in [0.15, 0.2) is 36.4 Å².